The summed E-state index contributed by atoms with van der Waals surface area (Å²) in [5.41, 5.74) is 6.08. The molecule has 0 radical (unpaired) electrons. The highest BCUT2D eigenvalue weighted by atomic mass is 35.5. The molecule has 4 rings (SSSR count). The molecular weight excluding hydrogens is 573 g/mol. The fourth-order valence-corrected chi connectivity index (χ4v) is 5.39. The van der Waals surface area contributed by atoms with Crippen molar-refractivity contribution < 1.29 is 9.47 Å². The van der Waals surface area contributed by atoms with Gasteiger partial charge in [-0.25, -0.2) is 9.97 Å². The van der Waals surface area contributed by atoms with Gasteiger partial charge < -0.3 is 25.4 Å². The Labute approximate surface area is 257 Å². The third kappa shape index (κ3) is 7.66. The molecule has 0 bridgehead atoms. The lowest BCUT2D eigenvalue weighted by Crippen LogP contribution is -2.33. The highest BCUT2D eigenvalue weighted by Gasteiger charge is 2.19. The molecule has 1 saturated heterocycles. The van der Waals surface area contributed by atoms with Crippen molar-refractivity contribution in [2.24, 2.45) is 0 Å². The summed E-state index contributed by atoms with van der Waals surface area (Å²) in [7, 11) is 5.01. The molecule has 3 heterocycles. The molecule has 42 heavy (non-hydrogen) atoms. The van der Waals surface area contributed by atoms with Crippen LogP contribution in [0.3, 0.4) is 0 Å². The van der Waals surface area contributed by atoms with E-state index in [0.29, 0.717) is 64.4 Å². The van der Waals surface area contributed by atoms with E-state index >= 15 is 0 Å². The second-order valence-electron chi connectivity index (χ2n) is 9.84. The van der Waals surface area contributed by atoms with Gasteiger partial charge in [0.25, 0.3) is 0 Å². The predicted octanol–water partition coefficient (Wildman–Crippen LogP) is 5.45. The van der Waals surface area contributed by atoms with Crippen LogP contribution in [0.5, 0.6) is 11.8 Å². The van der Waals surface area contributed by atoms with Crippen LogP contribution in [0.4, 0.5) is 0 Å². The Morgan fingerprint density at radius 2 is 1.86 bits per heavy atom. The van der Waals surface area contributed by atoms with Crippen molar-refractivity contribution in [3.63, 3.8) is 0 Å². The Balaban J connectivity index is 1.57. The fraction of sp³-hybridized carbons (Fsp3) is 0.355. The second kappa shape index (κ2) is 15.1. The molecule has 1 atom stereocenters. The van der Waals surface area contributed by atoms with Crippen LogP contribution in [0.1, 0.15) is 42.4 Å². The zero-order valence-electron chi connectivity index (χ0n) is 24.4. The van der Waals surface area contributed by atoms with Crippen molar-refractivity contribution in [2.75, 3.05) is 27.8 Å². The average Bonchev–Trinajstić information content (AvgIpc) is 3.41. The molecule has 1 aromatic carbocycles. The van der Waals surface area contributed by atoms with Crippen molar-refractivity contribution in [1.82, 2.24) is 35.9 Å². The molecule has 1 aliphatic rings. The van der Waals surface area contributed by atoms with Gasteiger partial charge in [0.15, 0.2) is 0 Å². The largest absolute Gasteiger partial charge is 0.480 e. The zero-order valence-corrected chi connectivity index (χ0v) is 25.9. The third-order valence-electron chi connectivity index (χ3n) is 6.82. The normalized spacial score (nSPS) is 15.6. The number of allylic oxidation sites excluding steroid dienone is 5. The van der Waals surface area contributed by atoms with Gasteiger partial charge in [0, 0.05) is 60.2 Å². The number of nitrogens with zero attached hydrogens (tertiary/aromatic N) is 4. The lowest BCUT2D eigenvalue weighted by atomic mass is 9.99. The summed E-state index contributed by atoms with van der Waals surface area (Å²) in [6, 6.07) is 6.12. The van der Waals surface area contributed by atoms with Gasteiger partial charge in [-0.3, -0.25) is 9.97 Å². The van der Waals surface area contributed by atoms with Gasteiger partial charge in [0.2, 0.25) is 11.8 Å². The molecule has 3 N–H and O–H groups in total. The van der Waals surface area contributed by atoms with Crippen LogP contribution in [0.2, 0.25) is 5.02 Å². The number of aromatic nitrogens is 4. The van der Waals surface area contributed by atoms with Crippen molar-refractivity contribution in [3.05, 3.63) is 87.7 Å². The number of benzene rings is 1. The minimum absolute atomic E-state index is 0.347. The lowest BCUT2D eigenvalue weighted by Gasteiger charge is -2.15. The number of ether oxygens (including phenoxy) is 2. The van der Waals surface area contributed by atoms with Crippen molar-refractivity contribution >= 4 is 28.8 Å². The van der Waals surface area contributed by atoms with Gasteiger partial charge in [-0.05, 0) is 32.4 Å². The van der Waals surface area contributed by atoms with Gasteiger partial charge in [0.05, 0.1) is 36.8 Å². The first-order valence-corrected chi connectivity index (χ1v) is 14.5. The topological polar surface area (TPSA) is 106 Å². The Morgan fingerprint density at radius 1 is 1.12 bits per heavy atom. The standard InChI is InChI=1S/C31H37Cl2N7O2/c1-6-8-22(23-9-7-10-24(29(23)33)26-18-37-27(16-34-3)31(40-26)42-5)25(32)13-21-15-36-28(30(39-21)41-4)17-35-14-20-12-11-19(2)38-20/h6-10,15,18,20,34-35,38H,2,11-14,16-17H2,1,3-5H3/b8-6-,25-22-/t20-/m0/s1. The minimum Gasteiger partial charge on any atom is -0.480 e. The SMILES string of the molecule is C=C1CC[C@@H](CNCc2ncc(C/C(Cl)=C(\C=C/C)c3cccc(-c4cnc(CNC)c(OC)n4)c3Cl)nc2OC)N1. The van der Waals surface area contributed by atoms with Crippen LogP contribution in [0.15, 0.2) is 60.1 Å². The molecule has 0 spiro atoms. The van der Waals surface area contributed by atoms with Gasteiger partial charge in [0.1, 0.15) is 11.4 Å². The Morgan fingerprint density at radius 3 is 2.55 bits per heavy atom. The Hall–Kier alpha value is -3.50. The van der Waals surface area contributed by atoms with Crippen LogP contribution in [-0.4, -0.2) is 53.8 Å². The maximum Gasteiger partial charge on any atom is 0.237 e. The van der Waals surface area contributed by atoms with E-state index in [-0.39, 0.29) is 0 Å². The number of methoxy groups -OCH3 is 2. The second-order valence-corrected chi connectivity index (χ2v) is 10.7. The zero-order chi connectivity index (χ0) is 30.1. The van der Waals surface area contributed by atoms with E-state index in [1.54, 1.807) is 26.6 Å². The van der Waals surface area contributed by atoms with Gasteiger partial charge >= 0.3 is 0 Å². The van der Waals surface area contributed by atoms with Crippen molar-refractivity contribution in [2.45, 2.75) is 45.3 Å². The summed E-state index contributed by atoms with van der Waals surface area (Å²) in [6.07, 6.45) is 9.72. The summed E-state index contributed by atoms with van der Waals surface area (Å²) in [4.78, 5) is 18.5. The number of rotatable bonds is 13. The van der Waals surface area contributed by atoms with Gasteiger partial charge in [-0.1, -0.05) is 60.1 Å². The van der Waals surface area contributed by atoms with E-state index in [4.69, 9.17) is 37.7 Å². The van der Waals surface area contributed by atoms with Crippen molar-refractivity contribution in [1.29, 1.82) is 0 Å². The Bertz CT molecular complexity index is 1480. The van der Waals surface area contributed by atoms with E-state index < -0.39 is 0 Å². The summed E-state index contributed by atoms with van der Waals surface area (Å²) in [5, 5.41) is 11.0. The molecule has 0 amide bonds. The number of halogens is 2. The maximum absolute atomic E-state index is 6.98. The highest BCUT2D eigenvalue weighted by molar-refractivity contribution is 6.37. The number of hydrogen-bond donors (Lipinski definition) is 3. The van der Waals surface area contributed by atoms with Crippen LogP contribution >= 0.6 is 23.2 Å². The highest BCUT2D eigenvalue weighted by Crippen LogP contribution is 2.37. The molecule has 222 valence electrons. The minimum atomic E-state index is 0.347. The molecule has 0 aliphatic carbocycles. The average molecular weight is 611 g/mol. The molecule has 0 unspecified atom stereocenters. The smallest absolute Gasteiger partial charge is 0.237 e. The van der Waals surface area contributed by atoms with E-state index in [9.17, 15) is 0 Å². The fourth-order valence-electron chi connectivity index (χ4n) is 4.76. The van der Waals surface area contributed by atoms with E-state index in [2.05, 4.69) is 37.5 Å². The number of nitrogens with one attached hydrogen (secondary N) is 3. The quantitative estimate of drug-likeness (QED) is 0.218. The molecule has 3 aromatic rings. The van der Waals surface area contributed by atoms with Crippen molar-refractivity contribution in [3.8, 4) is 23.0 Å². The first kappa shape index (κ1) is 31.4. The maximum atomic E-state index is 6.98. The molecule has 0 saturated carbocycles. The van der Waals surface area contributed by atoms with Crippen LogP contribution in [0.25, 0.3) is 16.8 Å². The number of hydrogen-bond acceptors (Lipinski definition) is 9. The lowest BCUT2D eigenvalue weighted by molar-refractivity contribution is 0.384. The molecule has 11 heteroatoms. The van der Waals surface area contributed by atoms with Crippen LogP contribution in [-0.2, 0) is 19.5 Å². The van der Waals surface area contributed by atoms with Gasteiger partial charge in [-0.2, -0.15) is 0 Å². The van der Waals surface area contributed by atoms with E-state index in [0.717, 1.165) is 47.5 Å². The van der Waals surface area contributed by atoms with Crippen LogP contribution < -0.4 is 25.4 Å². The van der Waals surface area contributed by atoms with Crippen LogP contribution in [0, 0.1) is 0 Å². The van der Waals surface area contributed by atoms with E-state index in [1.165, 1.54) is 0 Å². The monoisotopic (exact) mass is 609 g/mol. The third-order valence-corrected chi connectivity index (χ3v) is 7.56. The Kier molecular flexibility index (Phi) is 11.3. The summed E-state index contributed by atoms with van der Waals surface area (Å²) in [5.74, 6) is 0.910. The first-order chi connectivity index (χ1) is 20.4. The molecule has 2 aromatic heterocycles. The van der Waals surface area contributed by atoms with E-state index in [1.807, 2.05) is 44.3 Å². The first-order valence-electron chi connectivity index (χ1n) is 13.8. The predicted molar refractivity (Wildman–Crippen MR) is 169 cm³/mol. The summed E-state index contributed by atoms with van der Waals surface area (Å²) < 4.78 is 11.0. The molecule has 9 nitrogen and oxygen atoms in total. The molecule has 1 aliphatic heterocycles. The molecular formula is C31H37Cl2N7O2. The molecule has 1 fully saturated rings. The summed E-state index contributed by atoms with van der Waals surface area (Å²) >= 11 is 13.9. The summed E-state index contributed by atoms with van der Waals surface area (Å²) in [6.45, 7) is 7.81. The van der Waals surface area contributed by atoms with Gasteiger partial charge in [-0.15, -0.1) is 0 Å².